The highest BCUT2D eigenvalue weighted by Crippen LogP contribution is 2.61. The Kier molecular flexibility index (Phi) is 6.59. The van der Waals surface area contributed by atoms with Gasteiger partial charge < -0.3 is 14.8 Å². The van der Waals surface area contributed by atoms with Crippen molar-refractivity contribution in [2.45, 2.75) is 71.6 Å². The SMILES string of the molecule is CCOc1cc(CN[C@@H](C)C23CC4CC(CC(C4)C2)C3)cc(Cl)c1OCc1ccc(F)cc1. The Morgan fingerprint density at radius 1 is 1.00 bits per heavy atom. The van der Waals surface area contributed by atoms with E-state index in [9.17, 15) is 4.39 Å². The third kappa shape index (κ3) is 4.88. The summed E-state index contributed by atoms with van der Waals surface area (Å²) in [6.45, 7) is 5.95. The zero-order chi connectivity index (χ0) is 23.0. The topological polar surface area (TPSA) is 30.5 Å². The van der Waals surface area contributed by atoms with E-state index in [2.05, 4.69) is 12.2 Å². The van der Waals surface area contributed by atoms with Gasteiger partial charge in [0.15, 0.2) is 11.5 Å². The van der Waals surface area contributed by atoms with Gasteiger partial charge in [0, 0.05) is 12.6 Å². The molecular weight excluding hydrogens is 437 g/mol. The number of ether oxygens (including phenoxy) is 2. The summed E-state index contributed by atoms with van der Waals surface area (Å²) in [5.74, 6) is 3.81. The van der Waals surface area contributed by atoms with Gasteiger partial charge in [-0.25, -0.2) is 4.39 Å². The summed E-state index contributed by atoms with van der Waals surface area (Å²) in [6, 6.07) is 10.8. The van der Waals surface area contributed by atoms with Crippen LogP contribution in [0.1, 0.15) is 63.5 Å². The molecule has 0 spiro atoms. The van der Waals surface area contributed by atoms with Crippen molar-refractivity contribution >= 4 is 11.6 Å². The van der Waals surface area contributed by atoms with Gasteiger partial charge in [0.1, 0.15) is 12.4 Å². The van der Waals surface area contributed by atoms with Crippen LogP contribution in [0.5, 0.6) is 11.5 Å². The lowest BCUT2D eigenvalue weighted by atomic mass is 9.48. The van der Waals surface area contributed by atoms with Crippen LogP contribution in [0, 0.1) is 29.0 Å². The molecule has 2 aromatic rings. The summed E-state index contributed by atoms with van der Waals surface area (Å²) in [6.07, 6.45) is 8.60. The lowest BCUT2D eigenvalue weighted by Crippen LogP contribution is -2.54. The average molecular weight is 472 g/mol. The van der Waals surface area contributed by atoms with E-state index in [-0.39, 0.29) is 5.82 Å². The molecule has 2 aromatic carbocycles. The molecule has 4 saturated carbocycles. The van der Waals surface area contributed by atoms with Gasteiger partial charge in [-0.1, -0.05) is 23.7 Å². The molecule has 4 bridgehead atoms. The molecule has 0 aliphatic heterocycles. The molecule has 0 amide bonds. The van der Waals surface area contributed by atoms with Gasteiger partial charge >= 0.3 is 0 Å². The van der Waals surface area contributed by atoms with Crippen LogP contribution in [-0.2, 0) is 13.2 Å². The summed E-state index contributed by atoms with van der Waals surface area (Å²) < 4.78 is 25.0. The molecule has 4 fully saturated rings. The van der Waals surface area contributed by atoms with Gasteiger partial charge in [0.2, 0.25) is 0 Å². The van der Waals surface area contributed by atoms with Crippen molar-refractivity contribution in [3.63, 3.8) is 0 Å². The molecule has 0 radical (unpaired) electrons. The molecule has 33 heavy (non-hydrogen) atoms. The fourth-order valence-corrected chi connectivity index (χ4v) is 7.35. The van der Waals surface area contributed by atoms with Gasteiger partial charge in [0.05, 0.1) is 11.6 Å². The minimum absolute atomic E-state index is 0.258. The van der Waals surface area contributed by atoms with Gasteiger partial charge in [0.25, 0.3) is 0 Å². The molecule has 3 nitrogen and oxygen atoms in total. The molecule has 6 rings (SSSR count). The predicted octanol–water partition coefficient (Wildman–Crippen LogP) is 7.15. The lowest BCUT2D eigenvalue weighted by molar-refractivity contribution is -0.0706. The Bertz CT molecular complexity index is 941. The van der Waals surface area contributed by atoms with Gasteiger partial charge in [-0.05, 0) is 111 Å². The molecule has 178 valence electrons. The van der Waals surface area contributed by atoms with E-state index >= 15 is 0 Å². The first-order valence-electron chi connectivity index (χ1n) is 12.5. The van der Waals surface area contributed by atoms with Gasteiger partial charge in [-0.15, -0.1) is 0 Å². The Labute approximate surface area is 202 Å². The van der Waals surface area contributed by atoms with E-state index in [1.807, 2.05) is 19.1 Å². The number of benzene rings is 2. The van der Waals surface area contributed by atoms with E-state index in [0.29, 0.717) is 41.2 Å². The quantitative estimate of drug-likeness (QED) is 0.421. The maximum atomic E-state index is 13.2. The second kappa shape index (κ2) is 9.46. The highest BCUT2D eigenvalue weighted by Gasteiger charge is 2.52. The monoisotopic (exact) mass is 471 g/mol. The van der Waals surface area contributed by atoms with Crippen molar-refractivity contribution in [1.82, 2.24) is 5.32 Å². The first-order chi connectivity index (χ1) is 15.9. The molecule has 0 unspecified atom stereocenters. The number of hydrogen-bond donors (Lipinski definition) is 1. The summed E-state index contributed by atoms with van der Waals surface area (Å²) in [5, 5.41) is 4.39. The maximum Gasteiger partial charge on any atom is 0.180 e. The fourth-order valence-electron chi connectivity index (χ4n) is 7.06. The Morgan fingerprint density at radius 2 is 1.64 bits per heavy atom. The average Bonchev–Trinajstić information content (AvgIpc) is 2.77. The number of hydrogen-bond acceptors (Lipinski definition) is 3. The molecular formula is C28H35ClFNO2. The second-order valence-electron chi connectivity index (χ2n) is 10.6. The van der Waals surface area contributed by atoms with Crippen molar-refractivity contribution in [3.05, 3.63) is 58.4 Å². The first kappa shape index (κ1) is 23.0. The van der Waals surface area contributed by atoms with Crippen LogP contribution in [0.3, 0.4) is 0 Å². The zero-order valence-corrected chi connectivity index (χ0v) is 20.5. The van der Waals surface area contributed by atoms with Crippen LogP contribution < -0.4 is 14.8 Å². The van der Waals surface area contributed by atoms with E-state index in [4.69, 9.17) is 21.1 Å². The van der Waals surface area contributed by atoms with Gasteiger partial charge in [-0.2, -0.15) is 0 Å². The van der Waals surface area contributed by atoms with Crippen molar-refractivity contribution in [2.24, 2.45) is 23.2 Å². The Morgan fingerprint density at radius 3 is 2.24 bits per heavy atom. The summed E-state index contributed by atoms with van der Waals surface area (Å²) >= 11 is 6.64. The minimum atomic E-state index is -0.258. The fraction of sp³-hybridized carbons (Fsp3) is 0.571. The summed E-state index contributed by atoms with van der Waals surface area (Å²) in [7, 11) is 0. The molecule has 0 heterocycles. The van der Waals surface area contributed by atoms with Crippen molar-refractivity contribution in [1.29, 1.82) is 0 Å². The summed E-state index contributed by atoms with van der Waals surface area (Å²) in [5.41, 5.74) is 2.46. The van der Waals surface area contributed by atoms with Crippen LogP contribution in [0.25, 0.3) is 0 Å². The second-order valence-corrected chi connectivity index (χ2v) is 11.0. The number of halogens is 2. The number of nitrogens with one attached hydrogen (secondary N) is 1. The molecule has 4 aliphatic rings. The third-order valence-corrected chi connectivity index (χ3v) is 8.56. The van der Waals surface area contributed by atoms with Crippen molar-refractivity contribution in [3.8, 4) is 11.5 Å². The molecule has 5 heteroatoms. The largest absolute Gasteiger partial charge is 0.490 e. The molecule has 0 aromatic heterocycles. The van der Waals surface area contributed by atoms with Crippen LogP contribution in [0.15, 0.2) is 36.4 Å². The Hall–Kier alpha value is -1.78. The van der Waals surface area contributed by atoms with Crippen LogP contribution in [0.2, 0.25) is 5.02 Å². The predicted molar refractivity (Wildman–Crippen MR) is 130 cm³/mol. The highest BCUT2D eigenvalue weighted by atomic mass is 35.5. The normalized spacial score (nSPS) is 28.7. The van der Waals surface area contributed by atoms with E-state index in [1.54, 1.807) is 12.1 Å². The maximum absolute atomic E-state index is 13.2. The Balaban J connectivity index is 1.26. The molecule has 0 saturated heterocycles. The molecule has 4 aliphatic carbocycles. The van der Waals surface area contributed by atoms with Gasteiger partial charge in [-0.3, -0.25) is 0 Å². The first-order valence-corrected chi connectivity index (χ1v) is 12.9. The van der Waals surface area contributed by atoms with Crippen LogP contribution >= 0.6 is 11.6 Å². The smallest absolute Gasteiger partial charge is 0.180 e. The van der Waals surface area contributed by atoms with Crippen molar-refractivity contribution in [2.75, 3.05) is 6.61 Å². The highest BCUT2D eigenvalue weighted by molar-refractivity contribution is 6.32. The molecule has 1 N–H and O–H groups in total. The van der Waals surface area contributed by atoms with E-state index in [0.717, 1.165) is 35.4 Å². The van der Waals surface area contributed by atoms with E-state index < -0.39 is 0 Å². The van der Waals surface area contributed by atoms with Crippen molar-refractivity contribution < 1.29 is 13.9 Å². The minimum Gasteiger partial charge on any atom is -0.490 e. The third-order valence-electron chi connectivity index (χ3n) is 8.28. The summed E-state index contributed by atoms with van der Waals surface area (Å²) in [4.78, 5) is 0. The van der Waals surface area contributed by atoms with E-state index in [1.165, 1.54) is 50.7 Å². The zero-order valence-electron chi connectivity index (χ0n) is 19.7. The molecule has 1 atom stereocenters. The van der Waals surface area contributed by atoms with Crippen LogP contribution in [-0.4, -0.2) is 12.6 Å². The number of rotatable bonds is 9. The van der Waals surface area contributed by atoms with Crippen LogP contribution in [0.4, 0.5) is 4.39 Å². The lowest BCUT2D eigenvalue weighted by Gasteiger charge is -2.59. The standard InChI is InChI=1S/C28H35ClFNO2/c1-3-32-26-12-23(11-25(29)27(26)33-17-19-4-6-24(30)7-5-19)16-31-18(2)28-13-20-8-21(14-28)10-22(9-20)15-28/h4-7,11-12,18,20-22,31H,3,8-10,13-17H2,1-2H3/t18-,20?,21?,22?,28?/m0/s1.